The maximum atomic E-state index is 12.9. The number of ether oxygens (including phenoxy) is 1. The summed E-state index contributed by atoms with van der Waals surface area (Å²) in [6, 6.07) is 4.32. The fourth-order valence-electron chi connectivity index (χ4n) is 3.88. The Bertz CT molecular complexity index is 625. The molecule has 0 radical (unpaired) electrons. The number of aryl methyl sites for hydroxylation is 3. The average Bonchev–Trinajstić information content (AvgIpc) is 3.36. The summed E-state index contributed by atoms with van der Waals surface area (Å²) in [6.07, 6.45) is 3.73. The van der Waals surface area contributed by atoms with Crippen molar-refractivity contribution < 1.29 is 14.3 Å². The van der Waals surface area contributed by atoms with Crippen LogP contribution in [0, 0.1) is 20.8 Å². The molecule has 0 bridgehead atoms. The summed E-state index contributed by atoms with van der Waals surface area (Å²) >= 11 is 0. The van der Waals surface area contributed by atoms with Crippen LogP contribution in [-0.4, -0.2) is 41.9 Å². The number of amides is 1. The zero-order valence-corrected chi connectivity index (χ0v) is 14.9. The van der Waals surface area contributed by atoms with Crippen molar-refractivity contribution in [2.24, 2.45) is 0 Å². The van der Waals surface area contributed by atoms with Gasteiger partial charge in [0.25, 0.3) is 0 Å². The molecule has 2 aliphatic rings. The second-order valence-electron chi connectivity index (χ2n) is 7.28. The highest BCUT2D eigenvalue weighted by Gasteiger charge is 2.35. The Balaban J connectivity index is 1.71. The second-order valence-corrected chi connectivity index (χ2v) is 7.28. The lowest BCUT2D eigenvalue weighted by Gasteiger charge is -2.36. The van der Waals surface area contributed by atoms with Crippen molar-refractivity contribution in [1.29, 1.82) is 0 Å². The number of epoxide rings is 1. The topological polar surface area (TPSA) is 49.9 Å². The van der Waals surface area contributed by atoms with Crippen LogP contribution in [0.25, 0.3) is 0 Å². The van der Waals surface area contributed by atoms with Crippen LogP contribution in [0.2, 0.25) is 0 Å². The molecule has 0 N–H and O–H groups in total. The third-order valence-electron chi connectivity index (χ3n) is 5.25. The Morgan fingerprint density at radius 2 is 1.83 bits per heavy atom. The lowest BCUT2D eigenvalue weighted by atomic mass is 9.93. The highest BCUT2D eigenvalue weighted by atomic mass is 16.6. The van der Waals surface area contributed by atoms with Gasteiger partial charge in [-0.1, -0.05) is 17.7 Å². The molecule has 3 rings (SSSR count). The fourth-order valence-corrected chi connectivity index (χ4v) is 3.88. The third-order valence-corrected chi connectivity index (χ3v) is 5.25. The Morgan fingerprint density at radius 1 is 1.17 bits per heavy atom. The summed E-state index contributed by atoms with van der Waals surface area (Å²) in [7, 11) is 0. The van der Waals surface area contributed by atoms with Crippen LogP contribution in [0.5, 0.6) is 0 Å². The van der Waals surface area contributed by atoms with Crippen molar-refractivity contribution in [3.8, 4) is 0 Å². The van der Waals surface area contributed by atoms with Gasteiger partial charge in [-0.05, 0) is 56.7 Å². The van der Waals surface area contributed by atoms with Crippen molar-refractivity contribution in [2.45, 2.75) is 65.0 Å². The molecule has 1 aromatic rings. The Labute approximate surface area is 144 Å². The van der Waals surface area contributed by atoms with Gasteiger partial charge < -0.3 is 9.64 Å². The molecule has 1 aromatic carbocycles. The van der Waals surface area contributed by atoms with Gasteiger partial charge in [0.15, 0.2) is 5.78 Å². The highest BCUT2D eigenvalue weighted by Crippen LogP contribution is 2.25. The number of rotatable bonds is 5. The van der Waals surface area contributed by atoms with Crippen molar-refractivity contribution in [2.75, 3.05) is 13.2 Å². The first-order valence-corrected chi connectivity index (χ1v) is 8.96. The quantitative estimate of drug-likeness (QED) is 0.781. The molecule has 2 atom stereocenters. The van der Waals surface area contributed by atoms with E-state index in [0.29, 0.717) is 19.4 Å². The minimum absolute atomic E-state index is 0.0500. The van der Waals surface area contributed by atoms with Crippen LogP contribution >= 0.6 is 0 Å². The second kappa shape index (κ2) is 7.06. The van der Waals surface area contributed by atoms with Gasteiger partial charge in [0.1, 0.15) is 6.10 Å². The smallest absolute Gasteiger partial charge is 0.227 e. The van der Waals surface area contributed by atoms with Crippen molar-refractivity contribution in [3.05, 3.63) is 34.4 Å². The number of piperidine rings is 1. The summed E-state index contributed by atoms with van der Waals surface area (Å²) in [5.74, 6) is 0.307. The molecule has 130 valence electrons. The predicted molar refractivity (Wildman–Crippen MR) is 93.1 cm³/mol. The van der Waals surface area contributed by atoms with E-state index in [1.807, 2.05) is 4.90 Å². The highest BCUT2D eigenvalue weighted by molar-refractivity contribution is 5.86. The molecule has 24 heavy (non-hydrogen) atoms. The normalized spacial score (nSPS) is 23.2. The first-order chi connectivity index (χ1) is 11.5. The largest absolute Gasteiger partial charge is 0.365 e. The lowest BCUT2D eigenvalue weighted by Crippen LogP contribution is -2.45. The monoisotopic (exact) mass is 329 g/mol. The molecule has 2 saturated heterocycles. The fraction of sp³-hybridized carbons (Fsp3) is 0.600. The number of Topliss-reactive ketones (excluding diaryl/α,β-unsaturated/α-hetero) is 1. The van der Waals surface area contributed by atoms with Gasteiger partial charge in [-0.15, -0.1) is 0 Å². The molecule has 2 heterocycles. The number of hydrogen-bond acceptors (Lipinski definition) is 3. The van der Waals surface area contributed by atoms with E-state index < -0.39 is 0 Å². The van der Waals surface area contributed by atoms with E-state index in [-0.39, 0.29) is 23.8 Å². The molecule has 1 amide bonds. The van der Waals surface area contributed by atoms with Crippen LogP contribution in [0.3, 0.4) is 0 Å². The van der Waals surface area contributed by atoms with E-state index in [1.54, 1.807) is 0 Å². The molecule has 0 saturated carbocycles. The number of benzene rings is 1. The maximum Gasteiger partial charge on any atom is 0.227 e. The van der Waals surface area contributed by atoms with Gasteiger partial charge in [0, 0.05) is 19.0 Å². The zero-order chi connectivity index (χ0) is 17.3. The number of likely N-dealkylation sites (tertiary alicyclic amines) is 1. The number of hydrogen-bond donors (Lipinski definition) is 0. The summed E-state index contributed by atoms with van der Waals surface area (Å²) < 4.78 is 5.09. The van der Waals surface area contributed by atoms with Crippen LogP contribution < -0.4 is 0 Å². The molecule has 2 aliphatic heterocycles. The van der Waals surface area contributed by atoms with E-state index in [4.69, 9.17) is 4.74 Å². The van der Waals surface area contributed by atoms with Crippen LogP contribution in [-0.2, 0) is 20.7 Å². The molecular formula is C20H27NO3. The first kappa shape index (κ1) is 17.2. The van der Waals surface area contributed by atoms with Crippen molar-refractivity contribution in [1.82, 2.24) is 4.90 Å². The van der Waals surface area contributed by atoms with E-state index in [9.17, 15) is 9.59 Å². The molecule has 4 nitrogen and oxygen atoms in total. The lowest BCUT2D eigenvalue weighted by molar-refractivity contribution is -0.135. The summed E-state index contributed by atoms with van der Waals surface area (Å²) in [5.41, 5.74) is 4.72. The van der Waals surface area contributed by atoms with Gasteiger partial charge in [0.05, 0.1) is 13.0 Å². The Morgan fingerprint density at radius 3 is 2.46 bits per heavy atom. The van der Waals surface area contributed by atoms with Crippen LogP contribution in [0.15, 0.2) is 12.1 Å². The van der Waals surface area contributed by atoms with Crippen LogP contribution in [0.1, 0.15) is 47.9 Å². The molecular weight excluding hydrogens is 302 g/mol. The van der Waals surface area contributed by atoms with E-state index in [1.165, 1.54) is 16.7 Å². The maximum absolute atomic E-state index is 12.9. The van der Waals surface area contributed by atoms with Gasteiger partial charge in [-0.3, -0.25) is 9.59 Å². The third kappa shape index (κ3) is 3.86. The molecule has 0 aliphatic carbocycles. The number of carbonyl (C=O) groups is 2. The van der Waals surface area contributed by atoms with Crippen molar-refractivity contribution in [3.63, 3.8) is 0 Å². The number of ketones is 1. The molecule has 2 unspecified atom stereocenters. The SMILES string of the molecule is Cc1cc(C)c(CC(=O)N2CCCCC2CC(=O)C2CO2)c(C)c1. The van der Waals surface area contributed by atoms with E-state index in [0.717, 1.165) is 31.4 Å². The van der Waals surface area contributed by atoms with E-state index >= 15 is 0 Å². The van der Waals surface area contributed by atoms with Crippen LogP contribution in [0.4, 0.5) is 0 Å². The Hall–Kier alpha value is -1.68. The summed E-state index contributed by atoms with van der Waals surface area (Å²) in [4.78, 5) is 26.9. The summed E-state index contributed by atoms with van der Waals surface area (Å²) in [5, 5.41) is 0. The molecule has 4 heteroatoms. The summed E-state index contributed by atoms with van der Waals surface area (Å²) in [6.45, 7) is 7.56. The van der Waals surface area contributed by atoms with Gasteiger partial charge in [-0.2, -0.15) is 0 Å². The average molecular weight is 329 g/mol. The standard InChI is InChI=1S/C20H27NO3/c1-13-8-14(2)17(15(3)9-13)11-20(23)21-7-5-4-6-16(21)10-18(22)19-12-24-19/h8-9,16,19H,4-7,10-12H2,1-3H3. The van der Waals surface area contributed by atoms with Crippen molar-refractivity contribution >= 4 is 11.7 Å². The van der Waals surface area contributed by atoms with Gasteiger partial charge in [-0.25, -0.2) is 0 Å². The minimum atomic E-state index is -0.203. The van der Waals surface area contributed by atoms with Gasteiger partial charge >= 0.3 is 0 Å². The molecule has 0 spiro atoms. The molecule has 0 aromatic heterocycles. The number of carbonyl (C=O) groups excluding carboxylic acids is 2. The number of nitrogens with zero attached hydrogens (tertiary/aromatic N) is 1. The first-order valence-electron chi connectivity index (χ1n) is 8.96. The zero-order valence-electron chi connectivity index (χ0n) is 14.9. The molecule has 2 fully saturated rings. The minimum Gasteiger partial charge on any atom is -0.365 e. The predicted octanol–water partition coefficient (Wildman–Crippen LogP) is 2.89. The van der Waals surface area contributed by atoms with Gasteiger partial charge in [0.2, 0.25) is 5.91 Å². The Kier molecular flexibility index (Phi) is 5.04. The van der Waals surface area contributed by atoms with E-state index in [2.05, 4.69) is 32.9 Å².